The number of rotatable bonds is 7. The molecule has 0 aliphatic heterocycles. The maximum Gasteiger partial charge on any atom is 0.175 e. The van der Waals surface area contributed by atoms with E-state index in [-0.39, 0.29) is 23.0 Å². The number of allylic oxidation sites excluding steroid dienone is 6. The van der Waals surface area contributed by atoms with Crippen molar-refractivity contribution in [3.63, 3.8) is 0 Å². The number of aliphatic hydroxyl groups excluding tert-OH is 1. The van der Waals surface area contributed by atoms with Gasteiger partial charge in [-0.15, -0.1) is 0 Å². The summed E-state index contributed by atoms with van der Waals surface area (Å²) in [4.78, 5) is 11.2. The molecule has 0 radical (unpaired) electrons. The quantitative estimate of drug-likeness (QED) is 0.316. The van der Waals surface area contributed by atoms with E-state index in [1.165, 1.54) is 0 Å². The molecule has 0 aromatic heterocycles. The lowest BCUT2D eigenvalue weighted by molar-refractivity contribution is 0.0496. The molecule has 1 rings (SSSR count). The predicted octanol–water partition coefficient (Wildman–Crippen LogP) is 6.48. The van der Waals surface area contributed by atoms with Crippen LogP contribution >= 0.6 is 0 Å². The van der Waals surface area contributed by atoms with Crippen LogP contribution in [-0.4, -0.2) is 16.6 Å². The third-order valence-electron chi connectivity index (χ3n) is 4.89. The van der Waals surface area contributed by atoms with Crippen molar-refractivity contribution in [1.82, 2.24) is 0 Å². The van der Waals surface area contributed by atoms with Gasteiger partial charge in [-0.3, -0.25) is 0 Å². The van der Waals surface area contributed by atoms with Crippen LogP contribution < -0.4 is 0 Å². The Bertz CT molecular complexity index is 679. The fourth-order valence-electron chi connectivity index (χ4n) is 3.28. The zero-order valence-corrected chi connectivity index (χ0v) is 18.1. The van der Waals surface area contributed by atoms with Gasteiger partial charge in [-0.2, -0.15) is 0 Å². The van der Waals surface area contributed by atoms with Crippen LogP contribution in [0.1, 0.15) is 67.7 Å². The zero-order chi connectivity index (χ0) is 20.8. The number of carbonyl (C=O) groups excluding carboxylic acids is 1. The fraction of sp³-hybridized carbons (Fsp3) is 0.583. The normalized spacial score (nSPS) is 22.6. The molecule has 150 valence electrons. The molecule has 27 heavy (non-hydrogen) atoms. The summed E-state index contributed by atoms with van der Waals surface area (Å²) in [7, 11) is 0. The second-order valence-electron chi connectivity index (χ2n) is 8.85. The van der Waals surface area contributed by atoms with Crippen LogP contribution in [0.2, 0.25) is 0 Å². The summed E-state index contributed by atoms with van der Waals surface area (Å²) in [6.45, 7) is 17.6. The van der Waals surface area contributed by atoms with E-state index in [9.17, 15) is 9.90 Å². The van der Waals surface area contributed by atoms with E-state index in [0.29, 0.717) is 11.8 Å². The first-order chi connectivity index (χ1) is 12.5. The molecule has 0 unspecified atom stereocenters. The Kier molecular flexibility index (Phi) is 8.37. The molecule has 0 saturated carbocycles. The number of hydrogen-bond acceptors (Lipinski definition) is 3. The summed E-state index contributed by atoms with van der Waals surface area (Å²) in [6, 6.07) is 0. The molecule has 3 nitrogen and oxygen atoms in total. The molecule has 0 fully saturated rings. The van der Waals surface area contributed by atoms with E-state index in [1.807, 2.05) is 33.6 Å². The minimum atomic E-state index is -0.514. The summed E-state index contributed by atoms with van der Waals surface area (Å²) >= 11 is 0. The van der Waals surface area contributed by atoms with Crippen molar-refractivity contribution < 1.29 is 14.6 Å². The highest BCUT2D eigenvalue weighted by Crippen LogP contribution is 2.38. The van der Waals surface area contributed by atoms with Crippen molar-refractivity contribution >= 4 is 5.94 Å². The third kappa shape index (κ3) is 7.27. The van der Waals surface area contributed by atoms with Gasteiger partial charge in [0.2, 0.25) is 0 Å². The highest BCUT2D eigenvalue weighted by atomic mass is 16.5. The highest BCUT2D eigenvalue weighted by molar-refractivity contribution is 5.60. The molecule has 0 spiro atoms. The van der Waals surface area contributed by atoms with Crippen LogP contribution in [0, 0.1) is 17.8 Å². The summed E-state index contributed by atoms with van der Waals surface area (Å²) in [6.07, 6.45) is 9.46. The van der Waals surface area contributed by atoms with Gasteiger partial charge in [-0.25, -0.2) is 4.79 Å². The zero-order valence-electron chi connectivity index (χ0n) is 18.1. The van der Waals surface area contributed by atoms with Gasteiger partial charge in [-0.05, 0) is 77.2 Å². The molecular weight excluding hydrogens is 336 g/mol. The topological polar surface area (TPSA) is 46.5 Å². The SMILES string of the molecule is C=C(C)/C=C/C[C@H](C)[C@@H]1C=C(/C(O)=C(/OC(C)(C)C)C(C)=C=O)[C@@H](C)CC1. The van der Waals surface area contributed by atoms with Crippen molar-refractivity contribution in [3.05, 3.63) is 53.0 Å². The van der Waals surface area contributed by atoms with E-state index in [4.69, 9.17) is 4.74 Å². The maximum absolute atomic E-state index is 11.2. The minimum absolute atomic E-state index is 0.0765. The fourth-order valence-corrected chi connectivity index (χ4v) is 3.28. The standard InChI is InChI=1S/C24H36O3/c1-16(2)10-9-11-17(3)20-13-12-18(4)21(14-20)22(26)23(19(5)15-25)27-24(6,7)8/h9-10,14,17-18,20,26H,1,11-13H2,2-8H3/b10-9+,23-22-/t17-,18-,20-/m0/s1. The van der Waals surface area contributed by atoms with E-state index < -0.39 is 5.60 Å². The molecule has 1 aliphatic rings. The molecule has 1 N–H and O–H groups in total. The number of ether oxygens (including phenoxy) is 1. The molecule has 0 aromatic carbocycles. The largest absolute Gasteiger partial charge is 0.504 e. The first-order valence-electron chi connectivity index (χ1n) is 9.84. The van der Waals surface area contributed by atoms with E-state index >= 15 is 0 Å². The van der Waals surface area contributed by atoms with Gasteiger partial charge in [0.25, 0.3) is 0 Å². The van der Waals surface area contributed by atoms with Gasteiger partial charge in [0.15, 0.2) is 11.5 Å². The summed E-state index contributed by atoms with van der Waals surface area (Å²) in [5.41, 5.74) is 1.70. The number of hydrogen-bond donors (Lipinski definition) is 1. The second kappa shape index (κ2) is 9.80. The van der Waals surface area contributed by atoms with Crippen molar-refractivity contribution in [2.75, 3.05) is 0 Å². The Morgan fingerprint density at radius 3 is 2.56 bits per heavy atom. The average Bonchev–Trinajstić information content (AvgIpc) is 2.57. The van der Waals surface area contributed by atoms with Gasteiger partial charge >= 0.3 is 0 Å². The van der Waals surface area contributed by atoms with Gasteiger partial charge < -0.3 is 9.84 Å². The molecule has 3 heteroatoms. The number of aliphatic hydroxyl groups is 1. The van der Waals surface area contributed by atoms with Crippen molar-refractivity contribution in [2.24, 2.45) is 17.8 Å². The molecule has 1 aliphatic carbocycles. The average molecular weight is 373 g/mol. The van der Waals surface area contributed by atoms with Gasteiger partial charge in [-0.1, -0.05) is 44.2 Å². The summed E-state index contributed by atoms with van der Waals surface area (Å²) in [5.74, 6) is 3.25. The highest BCUT2D eigenvalue weighted by Gasteiger charge is 2.29. The second-order valence-corrected chi connectivity index (χ2v) is 8.85. The lowest BCUT2D eigenvalue weighted by Gasteiger charge is -2.31. The summed E-state index contributed by atoms with van der Waals surface area (Å²) in [5, 5.41) is 11.0. The Hall–Kier alpha value is -1.99. The molecule has 0 heterocycles. The van der Waals surface area contributed by atoms with Crippen molar-refractivity contribution in [1.29, 1.82) is 0 Å². The molecule has 0 amide bonds. The first kappa shape index (κ1) is 23.0. The van der Waals surface area contributed by atoms with E-state index in [0.717, 1.165) is 30.4 Å². The third-order valence-corrected chi connectivity index (χ3v) is 4.89. The van der Waals surface area contributed by atoms with E-state index in [1.54, 1.807) is 6.92 Å². The van der Waals surface area contributed by atoms with Gasteiger partial charge in [0.05, 0.1) is 5.57 Å². The lowest BCUT2D eigenvalue weighted by Crippen LogP contribution is -2.23. The van der Waals surface area contributed by atoms with Crippen LogP contribution in [0.25, 0.3) is 0 Å². The van der Waals surface area contributed by atoms with Crippen LogP contribution in [0.15, 0.2) is 53.0 Å². The van der Waals surface area contributed by atoms with E-state index in [2.05, 4.69) is 38.7 Å². The van der Waals surface area contributed by atoms with Crippen LogP contribution in [0.4, 0.5) is 0 Å². The van der Waals surface area contributed by atoms with Crippen LogP contribution in [0.3, 0.4) is 0 Å². The van der Waals surface area contributed by atoms with Gasteiger partial charge in [0, 0.05) is 0 Å². The van der Waals surface area contributed by atoms with Gasteiger partial charge in [0.1, 0.15) is 11.5 Å². The molecule has 0 saturated heterocycles. The molecule has 0 aromatic rings. The maximum atomic E-state index is 11.2. The molecule has 3 atom stereocenters. The van der Waals surface area contributed by atoms with Crippen molar-refractivity contribution in [3.8, 4) is 0 Å². The Morgan fingerprint density at radius 2 is 2.04 bits per heavy atom. The first-order valence-corrected chi connectivity index (χ1v) is 9.84. The van der Waals surface area contributed by atoms with Crippen LogP contribution in [0.5, 0.6) is 0 Å². The molecule has 0 bridgehead atoms. The summed E-state index contributed by atoms with van der Waals surface area (Å²) < 4.78 is 5.91. The predicted molar refractivity (Wildman–Crippen MR) is 113 cm³/mol. The Labute approximate surface area is 165 Å². The monoisotopic (exact) mass is 372 g/mol. The van der Waals surface area contributed by atoms with Crippen LogP contribution in [-0.2, 0) is 9.53 Å². The molecular formula is C24H36O3. The minimum Gasteiger partial charge on any atom is -0.504 e. The lowest BCUT2D eigenvalue weighted by atomic mass is 9.76. The van der Waals surface area contributed by atoms with Crippen molar-refractivity contribution in [2.45, 2.75) is 73.3 Å². The smallest absolute Gasteiger partial charge is 0.175 e. The Balaban J connectivity index is 3.22. The Morgan fingerprint density at radius 1 is 1.41 bits per heavy atom.